The fourth-order valence-corrected chi connectivity index (χ4v) is 2.53. The zero-order valence-corrected chi connectivity index (χ0v) is 12.4. The highest BCUT2D eigenvalue weighted by atomic mass is 79.9. The lowest BCUT2D eigenvalue weighted by molar-refractivity contribution is 0.102. The van der Waals surface area contributed by atoms with Gasteiger partial charge in [0.15, 0.2) is 0 Å². The monoisotopic (exact) mass is 343 g/mol. The first-order valence-corrected chi connectivity index (χ1v) is 7.02. The van der Waals surface area contributed by atoms with Crippen LogP contribution in [0.5, 0.6) is 0 Å². The van der Waals surface area contributed by atoms with Crippen LogP contribution in [-0.2, 0) is 0 Å². The summed E-state index contributed by atoms with van der Waals surface area (Å²) in [5.41, 5.74) is 0.507. The van der Waals surface area contributed by atoms with Gasteiger partial charge in [0.1, 0.15) is 6.26 Å². The molecule has 0 spiro atoms. The van der Waals surface area contributed by atoms with E-state index in [9.17, 15) is 9.59 Å². The van der Waals surface area contributed by atoms with Gasteiger partial charge in [-0.25, -0.2) is 4.79 Å². The van der Waals surface area contributed by atoms with Gasteiger partial charge >= 0.3 is 5.63 Å². The van der Waals surface area contributed by atoms with Crippen molar-refractivity contribution >= 4 is 38.3 Å². The number of benzene rings is 2. The Morgan fingerprint density at radius 2 is 1.76 bits per heavy atom. The van der Waals surface area contributed by atoms with Gasteiger partial charge in [0.25, 0.3) is 5.91 Å². The third kappa shape index (κ3) is 2.73. The van der Waals surface area contributed by atoms with Crippen LogP contribution in [0.1, 0.15) is 10.4 Å². The molecule has 0 fully saturated rings. The van der Waals surface area contributed by atoms with Crippen LogP contribution in [-0.4, -0.2) is 5.91 Å². The van der Waals surface area contributed by atoms with Crippen molar-refractivity contribution in [3.63, 3.8) is 0 Å². The maximum absolute atomic E-state index is 12.2. The highest BCUT2D eigenvalue weighted by molar-refractivity contribution is 9.10. The minimum absolute atomic E-state index is 0.293. The van der Waals surface area contributed by atoms with Crippen LogP contribution < -0.4 is 10.9 Å². The predicted molar refractivity (Wildman–Crippen MR) is 84.6 cm³/mol. The van der Waals surface area contributed by atoms with Crippen LogP contribution in [0.4, 0.5) is 5.69 Å². The molecule has 1 amide bonds. The summed E-state index contributed by atoms with van der Waals surface area (Å²) in [6, 6.07) is 14.1. The molecule has 0 saturated carbocycles. The fourth-order valence-electron chi connectivity index (χ4n) is 2.05. The van der Waals surface area contributed by atoms with Crippen LogP contribution in [0, 0.1) is 0 Å². The van der Waals surface area contributed by atoms with Crippen molar-refractivity contribution in [1.82, 2.24) is 0 Å². The molecule has 1 aromatic heterocycles. The molecule has 21 heavy (non-hydrogen) atoms. The lowest BCUT2D eigenvalue weighted by Crippen LogP contribution is -2.13. The number of carbonyl (C=O) groups is 1. The van der Waals surface area contributed by atoms with Crippen LogP contribution in [0.2, 0.25) is 0 Å². The maximum Gasteiger partial charge on any atom is 0.335 e. The molecule has 2 aromatic carbocycles. The molecular weight excluding hydrogens is 334 g/mol. The van der Waals surface area contributed by atoms with E-state index in [2.05, 4.69) is 21.2 Å². The topological polar surface area (TPSA) is 59.3 Å². The van der Waals surface area contributed by atoms with Gasteiger partial charge in [-0.2, -0.15) is 0 Å². The molecule has 0 aliphatic heterocycles. The van der Waals surface area contributed by atoms with Gasteiger partial charge in [-0.3, -0.25) is 4.79 Å². The van der Waals surface area contributed by atoms with Crippen molar-refractivity contribution in [1.29, 1.82) is 0 Å². The zero-order chi connectivity index (χ0) is 14.8. The number of fused-ring (bicyclic) bond motifs is 1. The highest BCUT2D eigenvalue weighted by Gasteiger charge is 2.10. The van der Waals surface area contributed by atoms with Gasteiger partial charge in [0, 0.05) is 21.6 Å². The summed E-state index contributed by atoms with van der Waals surface area (Å²) in [7, 11) is 0. The molecule has 0 unspecified atom stereocenters. The number of anilines is 1. The summed E-state index contributed by atoms with van der Waals surface area (Å²) in [5, 5.41) is 4.76. The minimum atomic E-state index is -0.486. The van der Waals surface area contributed by atoms with E-state index in [1.807, 2.05) is 36.4 Å². The average molecular weight is 344 g/mol. The van der Waals surface area contributed by atoms with E-state index in [1.165, 1.54) is 12.1 Å². The summed E-state index contributed by atoms with van der Waals surface area (Å²) >= 11 is 3.49. The Hall–Kier alpha value is -2.40. The van der Waals surface area contributed by atoms with Crippen molar-refractivity contribution in [2.45, 2.75) is 0 Å². The first-order chi connectivity index (χ1) is 10.1. The van der Waals surface area contributed by atoms with Crippen LogP contribution in [0.25, 0.3) is 10.8 Å². The first kappa shape index (κ1) is 13.6. The number of hydrogen-bond acceptors (Lipinski definition) is 3. The van der Waals surface area contributed by atoms with Gasteiger partial charge < -0.3 is 9.73 Å². The number of halogens is 1. The van der Waals surface area contributed by atoms with Crippen molar-refractivity contribution in [2.24, 2.45) is 0 Å². The molecule has 104 valence electrons. The van der Waals surface area contributed by atoms with E-state index in [-0.39, 0.29) is 5.91 Å². The second kappa shape index (κ2) is 5.54. The first-order valence-electron chi connectivity index (χ1n) is 6.22. The second-order valence-corrected chi connectivity index (χ2v) is 5.29. The molecule has 0 radical (unpaired) electrons. The third-order valence-electron chi connectivity index (χ3n) is 3.08. The number of rotatable bonds is 2. The van der Waals surface area contributed by atoms with E-state index < -0.39 is 5.63 Å². The lowest BCUT2D eigenvalue weighted by atomic mass is 10.1. The van der Waals surface area contributed by atoms with Gasteiger partial charge in [0.2, 0.25) is 0 Å². The van der Waals surface area contributed by atoms with Gasteiger partial charge in [-0.1, -0.05) is 40.2 Å². The Morgan fingerprint density at radius 3 is 2.48 bits per heavy atom. The Balaban J connectivity index is 1.98. The molecule has 3 aromatic rings. The van der Waals surface area contributed by atoms with Crippen molar-refractivity contribution < 1.29 is 9.21 Å². The Kier molecular flexibility index (Phi) is 3.58. The minimum Gasteiger partial charge on any atom is -0.430 e. The molecule has 3 rings (SSSR count). The van der Waals surface area contributed by atoms with Crippen molar-refractivity contribution in [2.75, 3.05) is 5.32 Å². The fraction of sp³-hybridized carbons (Fsp3) is 0. The van der Waals surface area contributed by atoms with Gasteiger partial charge in [-0.15, -0.1) is 0 Å². The molecule has 1 N–H and O–H groups in total. The predicted octanol–water partition coefficient (Wildman–Crippen LogP) is 3.81. The lowest BCUT2D eigenvalue weighted by Gasteiger charge is -2.09. The van der Waals surface area contributed by atoms with E-state index in [0.717, 1.165) is 21.5 Å². The van der Waals surface area contributed by atoms with Gasteiger partial charge in [-0.05, 0) is 23.6 Å². The summed E-state index contributed by atoms with van der Waals surface area (Å²) in [4.78, 5) is 23.1. The highest BCUT2D eigenvalue weighted by Crippen LogP contribution is 2.30. The molecule has 5 heteroatoms. The number of hydrogen-bond donors (Lipinski definition) is 1. The average Bonchev–Trinajstić information content (AvgIpc) is 2.51. The number of carbonyl (C=O) groups excluding carboxylic acids is 1. The smallest absolute Gasteiger partial charge is 0.335 e. The molecule has 0 bridgehead atoms. The SMILES string of the molecule is O=C(Nc1ccc(Br)c2ccccc12)c1ccc(=O)oc1. The maximum atomic E-state index is 12.2. The van der Waals surface area contributed by atoms with Crippen LogP contribution in [0.3, 0.4) is 0 Å². The molecule has 0 saturated heterocycles. The van der Waals surface area contributed by atoms with E-state index in [1.54, 1.807) is 0 Å². The van der Waals surface area contributed by atoms with E-state index >= 15 is 0 Å². The zero-order valence-electron chi connectivity index (χ0n) is 10.8. The summed E-state index contributed by atoms with van der Waals surface area (Å²) in [6.45, 7) is 0. The molecule has 0 aliphatic rings. The Bertz CT molecular complexity index is 866. The Morgan fingerprint density at radius 1 is 1.00 bits per heavy atom. The van der Waals surface area contributed by atoms with E-state index in [0.29, 0.717) is 11.3 Å². The van der Waals surface area contributed by atoms with Crippen molar-refractivity contribution in [3.8, 4) is 0 Å². The molecule has 0 atom stereocenters. The quantitative estimate of drug-likeness (QED) is 0.769. The van der Waals surface area contributed by atoms with Gasteiger partial charge in [0.05, 0.1) is 5.56 Å². The molecule has 1 heterocycles. The number of amides is 1. The molecule has 4 nitrogen and oxygen atoms in total. The molecule has 0 aliphatic carbocycles. The van der Waals surface area contributed by atoms with E-state index in [4.69, 9.17) is 4.42 Å². The number of nitrogens with one attached hydrogen (secondary N) is 1. The normalized spacial score (nSPS) is 10.5. The summed E-state index contributed by atoms with van der Waals surface area (Å²) in [6.07, 6.45) is 1.15. The summed E-state index contributed by atoms with van der Waals surface area (Å²) in [5.74, 6) is -0.328. The van der Waals surface area contributed by atoms with Crippen molar-refractivity contribution in [3.05, 3.63) is 75.3 Å². The van der Waals surface area contributed by atoms with Crippen LogP contribution >= 0.6 is 15.9 Å². The summed E-state index contributed by atoms with van der Waals surface area (Å²) < 4.78 is 5.66. The standard InChI is InChI=1S/C16H10BrNO3/c17-13-6-7-14(12-4-2-1-3-11(12)13)18-16(20)10-5-8-15(19)21-9-10/h1-9H,(H,18,20). The second-order valence-electron chi connectivity index (χ2n) is 4.44. The Labute approximate surface area is 128 Å². The molecular formula is C16H10BrNO3. The third-order valence-corrected chi connectivity index (χ3v) is 3.77. The largest absolute Gasteiger partial charge is 0.430 e. The van der Waals surface area contributed by atoms with Crippen LogP contribution in [0.15, 0.2) is 68.5 Å².